The summed E-state index contributed by atoms with van der Waals surface area (Å²) in [5, 5.41) is 23.9. The average Bonchev–Trinajstić information content (AvgIpc) is 2.44. The molecule has 0 radical (unpaired) electrons. The highest BCUT2D eigenvalue weighted by Gasteiger charge is 2.25. The summed E-state index contributed by atoms with van der Waals surface area (Å²) in [4.78, 5) is 10.6. The fourth-order valence-corrected chi connectivity index (χ4v) is 2.10. The number of aliphatic hydroxyl groups excluding tert-OH is 1. The molecule has 0 saturated heterocycles. The van der Waals surface area contributed by atoms with E-state index in [1.807, 2.05) is 27.7 Å². The Morgan fingerprint density at radius 3 is 2.38 bits per heavy atom. The molecule has 0 saturated carbocycles. The summed E-state index contributed by atoms with van der Waals surface area (Å²) in [7, 11) is 0. The molecule has 118 valence electrons. The molecule has 1 aromatic rings. The van der Waals surface area contributed by atoms with Crippen LogP contribution in [0.15, 0.2) is 18.2 Å². The van der Waals surface area contributed by atoms with Crippen molar-refractivity contribution in [3.63, 3.8) is 0 Å². The molecule has 6 nitrogen and oxygen atoms in total. The Balaban J connectivity index is 3.15. The fraction of sp³-hybridized carbons (Fsp3) is 0.600. The SMILES string of the molecule is CCC(CC)(CO)Nc1cc(OC(C)C)cc([N+](=O)[O-])c1. The summed E-state index contributed by atoms with van der Waals surface area (Å²) in [5.41, 5.74) is 0.0666. The molecule has 21 heavy (non-hydrogen) atoms. The third kappa shape index (κ3) is 4.60. The van der Waals surface area contributed by atoms with Gasteiger partial charge in [0.25, 0.3) is 5.69 Å². The van der Waals surface area contributed by atoms with Gasteiger partial charge in [0.15, 0.2) is 0 Å². The molecule has 0 amide bonds. The van der Waals surface area contributed by atoms with E-state index in [1.54, 1.807) is 6.07 Å². The van der Waals surface area contributed by atoms with Crippen LogP contribution in [0.3, 0.4) is 0 Å². The van der Waals surface area contributed by atoms with Crippen LogP contribution in [0, 0.1) is 10.1 Å². The van der Waals surface area contributed by atoms with Crippen LogP contribution < -0.4 is 10.1 Å². The van der Waals surface area contributed by atoms with Gasteiger partial charge in [-0.3, -0.25) is 10.1 Å². The third-order valence-electron chi connectivity index (χ3n) is 3.54. The molecule has 2 N–H and O–H groups in total. The van der Waals surface area contributed by atoms with Crippen LogP contribution in [0.4, 0.5) is 11.4 Å². The van der Waals surface area contributed by atoms with E-state index in [9.17, 15) is 15.2 Å². The van der Waals surface area contributed by atoms with Crippen LogP contribution in [0.1, 0.15) is 40.5 Å². The number of benzene rings is 1. The smallest absolute Gasteiger partial charge is 0.275 e. The maximum Gasteiger partial charge on any atom is 0.275 e. The van der Waals surface area contributed by atoms with Gasteiger partial charge in [-0.25, -0.2) is 0 Å². The topological polar surface area (TPSA) is 84.6 Å². The molecule has 0 heterocycles. The Morgan fingerprint density at radius 1 is 1.33 bits per heavy atom. The number of hydrogen-bond donors (Lipinski definition) is 2. The van der Waals surface area contributed by atoms with E-state index < -0.39 is 10.5 Å². The summed E-state index contributed by atoms with van der Waals surface area (Å²) in [6, 6.07) is 4.59. The lowest BCUT2D eigenvalue weighted by Gasteiger charge is -2.32. The van der Waals surface area contributed by atoms with Crippen molar-refractivity contribution in [3.05, 3.63) is 28.3 Å². The maximum absolute atomic E-state index is 11.0. The monoisotopic (exact) mass is 296 g/mol. The second kappa shape index (κ2) is 7.26. The third-order valence-corrected chi connectivity index (χ3v) is 3.54. The van der Waals surface area contributed by atoms with Crippen molar-refractivity contribution in [1.29, 1.82) is 0 Å². The number of nitrogens with zero attached hydrogens (tertiary/aromatic N) is 1. The van der Waals surface area contributed by atoms with E-state index in [4.69, 9.17) is 4.74 Å². The molecule has 0 unspecified atom stereocenters. The molecule has 0 aliphatic carbocycles. The minimum atomic E-state index is -0.482. The molecular weight excluding hydrogens is 272 g/mol. The number of aliphatic hydroxyl groups is 1. The van der Waals surface area contributed by atoms with Crippen molar-refractivity contribution < 1.29 is 14.8 Å². The van der Waals surface area contributed by atoms with Gasteiger partial charge in [-0.05, 0) is 26.7 Å². The van der Waals surface area contributed by atoms with Crippen molar-refractivity contribution in [1.82, 2.24) is 0 Å². The van der Waals surface area contributed by atoms with E-state index >= 15 is 0 Å². The van der Waals surface area contributed by atoms with Gasteiger partial charge in [-0.1, -0.05) is 13.8 Å². The van der Waals surface area contributed by atoms with Gasteiger partial charge in [0, 0.05) is 17.8 Å². The quantitative estimate of drug-likeness (QED) is 0.567. The van der Waals surface area contributed by atoms with Gasteiger partial charge in [0.05, 0.1) is 29.2 Å². The zero-order valence-corrected chi connectivity index (χ0v) is 13.0. The predicted molar refractivity (Wildman–Crippen MR) is 82.9 cm³/mol. The Labute approximate surface area is 125 Å². The van der Waals surface area contributed by atoms with E-state index in [0.29, 0.717) is 24.3 Å². The van der Waals surface area contributed by atoms with Crippen LogP contribution >= 0.6 is 0 Å². The summed E-state index contributed by atoms with van der Waals surface area (Å²) >= 11 is 0. The lowest BCUT2D eigenvalue weighted by molar-refractivity contribution is -0.384. The number of non-ortho nitro benzene ring substituents is 1. The number of rotatable bonds is 8. The molecule has 1 rings (SSSR count). The van der Waals surface area contributed by atoms with Crippen LogP contribution in [0.2, 0.25) is 0 Å². The lowest BCUT2D eigenvalue weighted by Crippen LogP contribution is -2.40. The first-order valence-electron chi connectivity index (χ1n) is 7.21. The number of ether oxygens (including phenoxy) is 1. The molecule has 1 aromatic carbocycles. The molecule has 6 heteroatoms. The molecule has 0 spiro atoms. The summed E-state index contributed by atoms with van der Waals surface area (Å²) in [5.74, 6) is 0.445. The van der Waals surface area contributed by atoms with Crippen molar-refractivity contribution in [2.24, 2.45) is 0 Å². The molecule has 0 fully saturated rings. The standard InChI is InChI=1S/C15H24N2O4/c1-5-15(6-2,10-18)16-12-7-13(17(19)20)9-14(8-12)21-11(3)4/h7-9,11,16,18H,5-6,10H2,1-4H3. The highest BCUT2D eigenvalue weighted by atomic mass is 16.6. The Hall–Kier alpha value is -1.82. The van der Waals surface area contributed by atoms with Gasteiger partial charge in [0.2, 0.25) is 0 Å². The average molecular weight is 296 g/mol. The van der Waals surface area contributed by atoms with Crippen molar-refractivity contribution in [2.45, 2.75) is 52.2 Å². The summed E-state index contributed by atoms with van der Waals surface area (Å²) in [6.45, 7) is 7.62. The highest BCUT2D eigenvalue weighted by Crippen LogP contribution is 2.30. The van der Waals surface area contributed by atoms with Crippen molar-refractivity contribution in [3.8, 4) is 5.75 Å². The van der Waals surface area contributed by atoms with E-state index in [1.165, 1.54) is 12.1 Å². The number of hydrogen-bond acceptors (Lipinski definition) is 5. The van der Waals surface area contributed by atoms with Gasteiger partial charge in [0.1, 0.15) is 5.75 Å². The molecule has 0 atom stereocenters. The minimum absolute atomic E-state index is 0.0327. The van der Waals surface area contributed by atoms with E-state index in [0.717, 1.165) is 0 Å². The zero-order valence-electron chi connectivity index (χ0n) is 13.0. The number of anilines is 1. The first kappa shape index (κ1) is 17.2. The van der Waals surface area contributed by atoms with Gasteiger partial charge in [-0.15, -0.1) is 0 Å². The molecule has 0 aromatic heterocycles. The second-order valence-electron chi connectivity index (χ2n) is 5.41. The highest BCUT2D eigenvalue weighted by molar-refractivity contribution is 5.57. The van der Waals surface area contributed by atoms with Gasteiger partial charge in [-0.2, -0.15) is 0 Å². The first-order chi connectivity index (χ1) is 9.85. The maximum atomic E-state index is 11.0. The summed E-state index contributed by atoms with van der Waals surface area (Å²) in [6.07, 6.45) is 1.35. The largest absolute Gasteiger partial charge is 0.491 e. The normalized spacial score (nSPS) is 11.5. The summed E-state index contributed by atoms with van der Waals surface area (Å²) < 4.78 is 5.55. The Morgan fingerprint density at radius 2 is 1.95 bits per heavy atom. The molecular formula is C15H24N2O4. The minimum Gasteiger partial charge on any atom is -0.491 e. The second-order valence-corrected chi connectivity index (χ2v) is 5.41. The van der Waals surface area contributed by atoms with E-state index in [-0.39, 0.29) is 18.4 Å². The van der Waals surface area contributed by atoms with Gasteiger partial charge >= 0.3 is 0 Å². The van der Waals surface area contributed by atoms with Gasteiger partial charge < -0.3 is 15.2 Å². The van der Waals surface area contributed by atoms with Crippen molar-refractivity contribution >= 4 is 11.4 Å². The van der Waals surface area contributed by atoms with E-state index in [2.05, 4.69) is 5.32 Å². The van der Waals surface area contributed by atoms with Crippen LogP contribution in [-0.4, -0.2) is 28.3 Å². The first-order valence-corrected chi connectivity index (χ1v) is 7.21. The fourth-order valence-electron chi connectivity index (χ4n) is 2.10. The Kier molecular flexibility index (Phi) is 5.96. The van der Waals surface area contributed by atoms with Crippen LogP contribution in [0.5, 0.6) is 5.75 Å². The number of nitro groups is 1. The van der Waals surface area contributed by atoms with Crippen LogP contribution in [-0.2, 0) is 0 Å². The number of nitrogens with one attached hydrogen (secondary N) is 1. The van der Waals surface area contributed by atoms with Crippen molar-refractivity contribution in [2.75, 3.05) is 11.9 Å². The zero-order chi connectivity index (χ0) is 16.0. The predicted octanol–water partition coefficient (Wildman–Crippen LogP) is 3.35. The number of nitro benzene ring substituents is 1. The molecule has 0 aliphatic rings. The Bertz CT molecular complexity index is 476. The lowest BCUT2D eigenvalue weighted by atomic mass is 9.93. The van der Waals surface area contributed by atoms with Crippen LogP contribution in [0.25, 0.3) is 0 Å². The molecule has 0 bridgehead atoms. The molecule has 0 aliphatic heterocycles.